The Bertz CT molecular complexity index is 823. The van der Waals surface area contributed by atoms with E-state index in [-0.39, 0.29) is 5.69 Å². The highest BCUT2D eigenvalue weighted by Crippen LogP contribution is 2.15. The first-order valence-corrected chi connectivity index (χ1v) is 6.92. The molecule has 0 fully saturated rings. The van der Waals surface area contributed by atoms with Gasteiger partial charge in [-0.2, -0.15) is 0 Å². The molecular weight excluding hydrogens is 299 g/mol. The van der Waals surface area contributed by atoms with Crippen molar-refractivity contribution < 1.29 is 18.7 Å². The van der Waals surface area contributed by atoms with Crippen molar-refractivity contribution in [3.05, 3.63) is 66.1 Å². The Labute approximate surface area is 131 Å². The predicted molar refractivity (Wildman–Crippen MR) is 83.6 cm³/mol. The minimum atomic E-state index is -0.615. The maximum absolute atomic E-state index is 12.8. The van der Waals surface area contributed by atoms with Gasteiger partial charge in [-0.15, -0.1) is 0 Å². The van der Waals surface area contributed by atoms with Gasteiger partial charge in [0.05, 0.1) is 0 Å². The van der Waals surface area contributed by atoms with Crippen LogP contribution in [0.1, 0.15) is 10.5 Å². The molecule has 0 bridgehead atoms. The van der Waals surface area contributed by atoms with Crippen molar-refractivity contribution >= 4 is 28.5 Å². The van der Waals surface area contributed by atoms with Crippen LogP contribution >= 0.6 is 0 Å². The monoisotopic (exact) mass is 312 g/mol. The van der Waals surface area contributed by atoms with Crippen LogP contribution in [0.2, 0.25) is 0 Å². The second-order valence-electron chi connectivity index (χ2n) is 4.90. The van der Waals surface area contributed by atoms with E-state index >= 15 is 0 Å². The summed E-state index contributed by atoms with van der Waals surface area (Å²) < 4.78 is 17.7. The lowest BCUT2D eigenvalue weighted by Crippen LogP contribution is -2.21. The molecule has 0 aliphatic carbocycles. The van der Waals surface area contributed by atoms with Gasteiger partial charge in [-0.05, 0) is 36.4 Å². The molecule has 0 spiro atoms. The van der Waals surface area contributed by atoms with Crippen molar-refractivity contribution in [2.45, 2.75) is 0 Å². The molecule has 2 aromatic carbocycles. The summed E-state index contributed by atoms with van der Waals surface area (Å²) >= 11 is 0. The van der Waals surface area contributed by atoms with E-state index in [1.165, 1.54) is 24.3 Å². The largest absolute Gasteiger partial charge is 0.451 e. The summed E-state index contributed by atoms with van der Waals surface area (Å²) in [5.74, 6) is -1.51. The van der Waals surface area contributed by atoms with Gasteiger partial charge in [0, 0.05) is 16.6 Å². The van der Waals surface area contributed by atoms with E-state index in [0.29, 0.717) is 5.69 Å². The summed E-state index contributed by atoms with van der Waals surface area (Å²) in [6.07, 6.45) is 0. The van der Waals surface area contributed by atoms with Crippen LogP contribution in [-0.2, 0) is 9.53 Å². The fourth-order valence-electron chi connectivity index (χ4n) is 2.12. The average molecular weight is 312 g/mol. The highest BCUT2D eigenvalue weighted by molar-refractivity contribution is 5.97. The van der Waals surface area contributed by atoms with Gasteiger partial charge >= 0.3 is 5.97 Å². The molecule has 5 nitrogen and oxygen atoms in total. The number of fused-ring (bicyclic) bond motifs is 1. The predicted octanol–water partition coefficient (Wildman–Crippen LogP) is 3.10. The highest BCUT2D eigenvalue weighted by atomic mass is 19.1. The quantitative estimate of drug-likeness (QED) is 0.727. The summed E-state index contributed by atoms with van der Waals surface area (Å²) in [6, 6.07) is 14.4. The Morgan fingerprint density at radius 3 is 2.57 bits per heavy atom. The Hall–Kier alpha value is -3.15. The molecule has 0 radical (unpaired) electrons. The summed E-state index contributed by atoms with van der Waals surface area (Å²) in [4.78, 5) is 26.6. The third-order valence-corrected chi connectivity index (χ3v) is 3.21. The number of esters is 1. The Morgan fingerprint density at radius 2 is 1.83 bits per heavy atom. The van der Waals surface area contributed by atoms with E-state index in [1.807, 2.05) is 24.3 Å². The number of hydrogen-bond acceptors (Lipinski definition) is 3. The minimum Gasteiger partial charge on any atom is -0.451 e. The fraction of sp³-hybridized carbons (Fsp3) is 0.0588. The second-order valence-corrected chi connectivity index (χ2v) is 4.90. The molecule has 2 N–H and O–H groups in total. The SMILES string of the molecule is O=C(COC(=O)c1cc2ccccc2[nH]1)Nc1ccc(F)cc1. The van der Waals surface area contributed by atoms with Crippen molar-refractivity contribution in [2.75, 3.05) is 11.9 Å². The van der Waals surface area contributed by atoms with Crippen molar-refractivity contribution in [1.82, 2.24) is 4.98 Å². The highest BCUT2D eigenvalue weighted by Gasteiger charge is 2.13. The molecule has 3 aromatic rings. The van der Waals surface area contributed by atoms with E-state index in [9.17, 15) is 14.0 Å². The van der Waals surface area contributed by atoms with Crippen molar-refractivity contribution in [1.29, 1.82) is 0 Å². The van der Waals surface area contributed by atoms with Gasteiger partial charge in [0.15, 0.2) is 6.61 Å². The molecule has 0 saturated carbocycles. The Morgan fingerprint density at radius 1 is 1.09 bits per heavy atom. The number of anilines is 1. The van der Waals surface area contributed by atoms with E-state index in [0.717, 1.165) is 10.9 Å². The molecule has 1 heterocycles. The average Bonchev–Trinajstić information content (AvgIpc) is 2.99. The summed E-state index contributed by atoms with van der Waals surface area (Å²) in [7, 11) is 0. The zero-order valence-electron chi connectivity index (χ0n) is 12.0. The normalized spacial score (nSPS) is 10.5. The lowest BCUT2D eigenvalue weighted by atomic mass is 10.2. The maximum atomic E-state index is 12.8. The number of hydrogen-bond donors (Lipinski definition) is 2. The van der Waals surface area contributed by atoms with Crippen LogP contribution in [0.5, 0.6) is 0 Å². The topological polar surface area (TPSA) is 71.2 Å². The second kappa shape index (κ2) is 6.31. The van der Waals surface area contributed by atoms with E-state index in [1.54, 1.807) is 6.07 Å². The molecule has 0 saturated heterocycles. The first-order valence-electron chi connectivity index (χ1n) is 6.92. The number of aromatic nitrogens is 1. The summed E-state index contributed by atoms with van der Waals surface area (Å²) in [5.41, 5.74) is 1.52. The van der Waals surface area contributed by atoms with Gasteiger partial charge < -0.3 is 15.0 Å². The molecule has 0 unspecified atom stereocenters. The molecule has 0 aliphatic heterocycles. The molecule has 1 amide bonds. The number of nitrogens with one attached hydrogen (secondary N) is 2. The first-order chi connectivity index (χ1) is 11.1. The van der Waals surface area contributed by atoms with Crippen LogP contribution in [0, 0.1) is 5.82 Å². The van der Waals surface area contributed by atoms with Gasteiger partial charge in [-0.25, -0.2) is 9.18 Å². The molecule has 116 valence electrons. The summed E-state index contributed by atoms with van der Waals surface area (Å²) in [6.45, 7) is -0.425. The van der Waals surface area contributed by atoms with E-state index < -0.39 is 24.3 Å². The fourth-order valence-corrected chi connectivity index (χ4v) is 2.12. The number of amides is 1. The van der Waals surface area contributed by atoms with Gasteiger partial charge in [-0.1, -0.05) is 18.2 Å². The molecule has 0 atom stereocenters. The Kier molecular flexibility index (Phi) is 4.05. The minimum absolute atomic E-state index is 0.279. The lowest BCUT2D eigenvalue weighted by Gasteiger charge is -2.05. The van der Waals surface area contributed by atoms with E-state index in [4.69, 9.17) is 4.74 Å². The van der Waals surface area contributed by atoms with Crippen molar-refractivity contribution in [2.24, 2.45) is 0 Å². The maximum Gasteiger partial charge on any atom is 0.355 e. The third kappa shape index (κ3) is 3.55. The number of rotatable bonds is 4. The molecule has 23 heavy (non-hydrogen) atoms. The molecule has 6 heteroatoms. The zero-order chi connectivity index (χ0) is 16.2. The van der Waals surface area contributed by atoms with Gasteiger partial charge in [0.1, 0.15) is 11.5 Å². The molecular formula is C17H13FN2O3. The van der Waals surface area contributed by atoms with Gasteiger partial charge in [-0.3, -0.25) is 4.79 Å². The van der Waals surface area contributed by atoms with Crippen LogP contribution in [0.15, 0.2) is 54.6 Å². The standard InChI is InChI=1S/C17H13FN2O3/c18-12-5-7-13(8-6-12)19-16(21)10-23-17(22)15-9-11-3-1-2-4-14(11)20-15/h1-9,20H,10H2,(H,19,21). The molecule has 0 aliphatic rings. The van der Waals surface area contributed by atoms with Crippen molar-refractivity contribution in [3.63, 3.8) is 0 Å². The van der Waals surface area contributed by atoms with Crippen LogP contribution in [-0.4, -0.2) is 23.5 Å². The Balaban J connectivity index is 1.57. The number of H-pyrrole nitrogens is 1. The zero-order valence-corrected chi connectivity index (χ0v) is 12.0. The summed E-state index contributed by atoms with van der Waals surface area (Å²) in [5, 5.41) is 3.39. The number of ether oxygens (including phenoxy) is 1. The molecule has 3 rings (SSSR count). The van der Waals surface area contributed by atoms with Crippen LogP contribution in [0.25, 0.3) is 10.9 Å². The van der Waals surface area contributed by atoms with Gasteiger partial charge in [0.25, 0.3) is 5.91 Å². The number of aromatic amines is 1. The smallest absolute Gasteiger partial charge is 0.355 e. The van der Waals surface area contributed by atoms with E-state index in [2.05, 4.69) is 10.3 Å². The van der Waals surface area contributed by atoms with Gasteiger partial charge in [0.2, 0.25) is 0 Å². The molecule has 1 aromatic heterocycles. The number of halogens is 1. The number of carbonyl (C=O) groups is 2. The van der Waals surface area contributed by atoms with Crippen LogP contribution < -0.4 is 5.32 Å². The third-order valence-electron chi connectivity index (χ3n) is 3.21. The lowest BCUT2D eigenvalue weighted by molar-refractivity contribution is -0.119. The van der Waals surface area contributed by atoms with Crippen LogP contribution in [0.3, 0.4) is 0 Å². The number of carbonyl (C=O) groups excluding carboxylic acids is 2. The van der Waals surface area contributed by atoms with Crippen molar-refractivity contribution in [3.8, 4) is 0 Å². The van der Waals surface area contributed by atoms with Crippen LogP contribution in [0.4, 0.5) is 10.1 Å². The first kappa shape index (κ1) is 14.8. The number of benzene rings is 2. The number of para-hydroxylation sites is 1.